The van der Waals surface area contributed by atoms with Crippen LogP contribution in [0.2, 0.25) is 0 Å². The van der Waals surface area contributed by atoms with Gasteiger partial charge in [0.15, 0.2) is 11.7 Å². The average molecular weight is 281 g/mol. The van der Waals surface area contributed by atoms with Crippen LogP contribution in [0.25, 0.3) is 0 Å². The normalized spacial score (nSPS) is 26.9. The third kappa shape index (κ3) is 3.69. The zero-order valence-electron chi connectivity index (χ0n) is 11.8. The molecule has 1 heterocycles. The van der Waals surface area contributed by atoms with Crippen molar-refractivity contribution in [1.82, 2.24) is 10.2 Å². The summed E-state index contributed by atoms with van der Waals surface area (Å²) in [6.45, 7) is 2.68. The number of carbonyl (C=O) groups excluding carboxylic acids is 2. The Bertz CT molecular complexity index is 415. The van der Waals surface area contributed by atoms with Crippen molar-refractivity contribution in [1.29, 1.82) is 0 Å². The van der Waals surface area contributed by atoms with Crippen LogP contribution < -0.4 is 16.8 Å². The molecule has 20 heavy (non-hydrogen) atoms. The van der Waals surface area contributed by atoms with Gasteiger partial charge in [-0.15, -0.1) is 0 Å². The van der Waals surface area contributed by atoms with Gasteiger partial charge in [0, 0.05) is 19.1 Å². The molecule has 0 bridgehead atoms. The van der Waals surface area contributed by atoms with Crippen LogP contribution in [0.3, 0.4) is 0 Å². The SMILES string of the molecule is CC(=O)[C@H]1CN(C2CC2)[C@@H](CCCN=C(N)N)C(=O)N1. The number of rotatable bonds is 6. The summed E-state index contributed by atoms with van der Waals surface area (Å²) in [5, 5.41) is 2.81. The van der Waals surface area contributed by atoms with Gasteiger partial charge in [-0.3, -0.25) is 19.5 Å². The van der Waals surface area contributed by atoms with Gasteiger partial charge in [0.05, 0.1) is 12.1 Å². The maximum atomic E-state index is 12.2. The predicted molar refractivity (Wildman–Crippen MR) is 76.0 cm³/mol. The highest BCUT2D eigenvalue weighted by molar-refractivity contribution is 5.91. The molecule has 1 aliphatic heterocycles. The number of hydrogen-bond acceptors (Lipinski definition) is 4. The van der Waals surface area contributed by atoms with E-state index >= 15 is 0 Å². The summed E-state index contributed by atoms with van der Waals surface area (Å²) in [6.07, 6.45) is 3.69. The Morgan fingerprint density at radius 2 is 2.15 bits per heavy atom. The van der Waals surface area contributed by atoms with Gasteiger partial charge in [-0.1, -0.05) is 0 Å². The quantitative estimate of drug-likeness (QED) is 0.327. The molecule has 1 amide bonds. The van der Waals surface area contributed by atoms with Gasteiger partial charge in [-0.25, -0.2) is 0 Å². The molecule has 0 unspecified atom stereocenters. The van der Waals surface area contributed by atoms with Gasteiger partial charge in [-0.2, -0.15) is 0 Å². The summed E-state index contributed by atoms with van der Waals surface area (Å²) < 4.78 is 0. The highest BCUT2D eigenvalue weighted by Crippen LogP contribution is 2.31. The number of Topliss-reactive ketones (excluding diaryl/α,β-unsaturated/α-hetero) is 1. The molecule has 1 saturated carbocycles. The molecule has 0 spiro atoms. The van der Waals surface area contributed by atoms with Crippen LogP contribution in [0.1, 0.15) is 32.6 Å². The summed E-state index contributed by atoms with van der Waals surface area (Å²) in [5.74, 6) is 0.0461. The lowest BCUT2D eigenvalue weighted by Crippen LogP contribution is -2.62. The molecule has 0 aromatic heterocycles. The second-order valence-electron chi connectivity index (χ2n) is 5.56. The van der Waals surface area contributed by atoms with E-state index in [1.807, 2.05) is 0 Å². The van der Waals surface area contributed by atoms with E-state index in [-0.39, 0.29) is 29.7 Å². The third-order valence-corrected chi connectivity index (χ3v) is 3.85. The number of aliphatic imine (C=N–C) groups is 1. The van der Waals surface area contributed by atoms with Gasteiger partial charge >= 0.3 is 0 Å². The number of hydrogen-bond donors (Lipinski definition) is 3. The lowest BCUT2D eigenvalue weighted by Gasteiger charge is -2.38. The lowest BCUT2D eigenvalue weighted by atomic mass is 10.0. The lowest BCUT2D eigenvalue weighted by molar-refractivity contribution is -0.136. The topological polar surface area (TPSA) is 114 Å². The van der Waals surface area contributed by atoms with Gasteiger partial charge < -0.3 is 16.8 Å². The third-order valence-electron chi connectivity index (χ3n) is 3.85. The maximum absolute atomic E-state index is 12.2. The molecule has 1 saturated heterocycles. The number of amides is 1. The molecule has 0 aromatic carbocycles. The first-order chi connectivity index (χ1) is 9.49. The predicted octanol–water partition coefficient (Wildman–Crippen LogP) is -1.04. The van der Waals surface area contributed by atoms with Crippen molar-refractivity contribution in [2.45, 2.75) is 50.7 Å². The van der Waals surface area contributed by atoms with Crippen LogP contribution >= 0.6 is 0 Å². The molecular formula is C13H23N5O2. The molecule has 2 aliphatic rings. The fourth-order valence-corrected chi connectivity index (χ4v) is 2.63. The number of piperazine rings is 1. The second kappa shape index (κ2) is 6.21. The molecule has 7 nitrogen and oxygen atoms in total. The molecule has 2 rings (SSSR count). The van der Waals surface area contributed by atoms with Crippen LogP contribution in [-0.2, 0) is 9.59 Å². The van der Waals surface area contributed by atoms with Crippen LogP contribution in [0.15, 0.2) is 4.99 Å². The Morgan fingerprint density at radius 1 is 1.45 bits per heavy atom. The first-order valence-corrected chi connectivity index (χ1v) is 7.11. The van der Waals surface area contributed by atoms with E-state index in [2.05, 4.69) is 15.2 Å². The zero-order valence-corrected chi connectivity index (χ0v) is 11.8. The van der Waals surface area contributed by atoms with E-state index in [1.165, 1.54) is 6.92 Å². The molecule has 112 valence electrons. The molecule has 5 N–H and O–H groups in total. The van der Waals surface area contributed by atoms with Gasteiger partial charge in [-0.05, 0) is 32.6 Å². The number of ketones is 1. The zero-order chi connectivity index (χ0) is 14.7. The minimum Gasteiger partial charge on any atom is -0.370 e. The van der Waals surface area contributed by atoms with Crippen molar-refractivity contribution in [3.63, 3.8) is 0 Å². The van der Waals surface area contributed by atoms with Crippen LogP contribution in [0.5, 0.6) is 0 Å². The monoisotopic (exact) mass is 281 g/mol. The highest BCUT2D eigenvalue weighted by atomic mass is 16.2. The minimum absolute atomic E-state index is 0.0166. The van der Waals surface area contributed by atoms with Gasteiger partial charge in [0.1, 0.15) is 0 Å². The van der Waals surface area contributed by atoms with E-state index in [1.54, 1.807) is 0 Å². The van der Waals surface area contributed by atoms with Crippen LogP contribution in [0, 0.1) is 0 Å². The van der Waals surface area contributed by atoms with E-state index in [9.17, 15) is 9.59 Å². The Kier molecular flexibility index (Phi) is 4.59. The number of nitrogens with zero attached hydrogens (tertiary/aromatic N) is 2. The molecular weight excluding hydrogens is 258 g/mol. The van der Waals surface area contributed by atoms with E-state index in [0.29, 0.717) is 25.6 Å². The number of nitrogens with one attached hydrogen (secondary N) is 1. The van der Waals surface area contributed by atoms with Crippen molar-refractivity contribution < 1.29 is 9.59 Å². The van der Waals surface area contributed by atoms with E-state index in [0.717, 1.165) is 19.3 Å². The van der Waals surface area contributed by atoms with Crippen LogP contribution in [-0.4, -0.2) is 53.8 Å². The molecule has 2 atom stereocenters. The van der Waals surface area contributed by atoms with Gasteiger partial charge in [0.2, 0.25) is 5.91 Å². The number of carbonyl (C=O) groups is 2. The summed E-state index contributed by atoms with van der Waals surface area (Å²) in [4.78, 5) is 29.8. The fourth-order valence-electron chi connectivity index (χ4n) is 2.63. The van der Waals surface area contributed by atoms with Crippen molar-refractivity contribution >= 4 is 17.6 Å². The first kappa shape index (κ1) is 14.8. The standard InChI is InChI=1S/C13H23N5O2/c1-8(19)10-7-18(9-4-5-9)11(12(20)17-10)3-2-6-16-13(14)15/h9-11H,2-7H2,1H3,(H,17,20)(H4,14,15,16)/t10-,11+/m1/s1. The Morgan fingerprint density at radius 3 is 2.70 bits per heavy atom. The Balaban J connectivity index is 1.93. The molecule has 1 aliphatic carbocycles. The molecule has 2 fully saturated rings. The molecule has 0 radical (unpaired) electrons. The highest BCUT2D eigenvalue weighted by Gasteiger charge is 2.42. The van der Waals surface area contributed by atoms with Crippen molar-refractivity contribution in [3.8, 4) is 0 Å². The number of guanidine groups is 1. The number of nitrogens with two attached hydrogens (primary N) is 2. The van der Waals surface area contributed by atoms with Crippen molar-refractivity contribution in [2.75, 3.05) is 13.1 Å². The minimum atomic E-state index is -0.364. The summed E-state index contributed by atoms with van der Waals surface area (Å²) >= 11 is 0. The summed E-state index contributed by atoms with van der Waals surface area (Å²) in [5.41, 5.74) is 10.6. The average Bonchev–Trinajstić information content (AvgIpc) is 3.19. The summed E-state index contributed by atoms with van der Waals surface area (Å²) in [7, 11) is 0. The smallest absolute Gasteiger partial charge is 0.237 e. The van der Waals surface area contributed by atoms with Gasteiger partial charge in [0.25, 0.3) is 0 Å². The Labute approximate surface area is 118 Å². The fraction of sp³-hybridized carbons (Fsp3) is 0.769. The maximum Gasteiger partial charge on any atom is 0.237 e. The molecule has 0 aromatic rings. The van der Waals surface area contributed by atoms with E-state index in [4.69, 9.17) is 11.5 Å². The molecule has 7 heteroatoms. The van der Waals surface area contributed by atoms with Crippen LogP contribution in [0.4, 0.5) is 0 Å². The largest absolute Gasteiger partial charge is 0.370 e. The second-order valence-corrected chi connectivity index (χ2v) is 5.56. The summed E-state index contributed by atoms with van der Waals surface area (Å²) in [6, 6.07) is -0.0691. The first-order valence-electron chi connectivity index (χ1n) is 7.11. The van der Waals surface area contributed by atoms with Crippen molar-refractivity contribution in [2.24, 2.45) is 16.5 Å². The van der Waals surface area contributed by atoms with Crippen molar-refractivity contribution in [3.05, 3.63) is 0 Å². The van der Waals surface area contributed by atoms with E-state index < -0.39 is 0 Å². The Hall–Kier alpha value is -1.63.